The lowest BCUT2D eigenvalue weighted by molar-refractivity contribution is -0.384. The zero-order valence-electron chi connectivity index (χ0n) is 15.4. The number of ether oxygens (including phenoxy) is 1. The number of fused-ring (bicyclic) bond motifs is 3. The molecule has 28 heavy (non-hydrogen) atoms. The zero-order valence-corrected chi connectivity index (χ0v) is 16.2. The van der Waals surface area contributed by atoms with E-state index in [0.717, 1.165) is 36.6 Å². The highest BCUT2D eigenvalue weighted by molar-refractivity contribution is 7.19. The fourth-order valence-corrected chi connectivity index (χ4v) is 5.29. The number of nitrogens with zero attached hydrogens (tertiary/aromatic N) is 4. The Balaban J connectivity index is 1.71. The second-order valence-electron chi connectivity index (χ2n) is 7.17. The number of hydrogen-bond acceptors (Lipinski definition) is 7. The molecule has 144 valence electrons. The number of hydrogen-bond donors (Lipinski definition) is 0. The molecule has 2 aliphatic rings. The molecule has 2 aromatic heterocycles. The molecule has 0 unspecified atom stereocenters. The van der Waals surface area contributed by atoms with Crippen molar-refractivity contribution < 1.29 is 9.66 Å². The molecule has 3 aromatic rings. The number of benzene rings is 1. The van der Waals surface area contributed by atoms with Gasteiger partial charge in [-0.2, -0.15) is 0 Å². The first kappa shape index (κ1) is 17.5. The van der Waals surface area contributed by atoms with Gasteiger partial charge >= 0.3 is 0 Å². The van der Waals surface area contributed by atoms with Crippen LogP contribution in [-0.2, 0) is 17.6 Å². The van der Waals surface area contributed by atoms with E-state index in [1.807, 2.05) is 6.07 Å². The largest absolute Gasteiger partial charge is 0.378 e. The van der Waals surface area contributed by atoms with Crippen LogP contribution in [0.3, 0.4) is 0 Å². The minimum Gasteiger partial charge on any atom is -0.378 e. The van der Waals surface area contributed by atoms with Gasteiger partial charge in [0.25, 0.3) is 5.69 Å². The molecule has 7 nitrogen and oxygen atoms in total. The highest BCUT2D eigenvalue weighted by Crippen LogP contribution is 2.41. The van der Waals surface area contributed by atoms with Crippen LogP contribution in [0.4, 0.5) is 11.5 Å². The van der Waals surface area contributed by atoms with Gasteiger partial charge in [0.1, 0.15) is 10.6 Å². The van der Waals surface area contributed by atoms with Crippen LogP contribution in [0, 0.1) is 10.1 Å². The van der Waals surface area contributed by atoms with E-state index < -0.39 is 0 Å². The van der Waals surface area contributed by atoms with E-state index in [1.54, 1.807) is 23.5 Å². The number of anilines is 1. The van der Waals surface area contributed by atoms with Gasteiger partial charge in [-0.25, -0.2) is 9.97 Å². The fraction of sp³-hybridized carbons (Fsp3) is 0.400. The summed E-state index contributed by atoms with van der Waals surface area (Å²) in [4.78, 5) is 25.2. The molecule has 0 atom stereocenters. The first-order valence-electron chi connectivity index (χ1n) is 9.60. The highest BCUT2D eigenvalue weighted by atomic mass is 32.1. The molecule has 0 bridgehead atoms. The number of thiophene rings is 1. The third kappa shape index (κ3) is 3.02. The van der Waals surface area contributed by atoms with Gasteiger partial charge in [0, 0.05) is 35.7 Å². The Morgan fingerprint density at radius 3 is 2.79 bits per heavy atom. The van der Waals surface area contributed by atoms with Crippen molar-refractivity contribution in [3.05, 3.63) is 44.8 Å². The average molecular weight is 396 g/mol. The molecule has 1 saturated heterocycles. The van der Waals surface area contributed by atoms with Crippen molar-refractivity contribution >= 4 is 33.1 Å². The van der Waals surface area contributed by atoms with Crippen LogP contribution in [-0.4, -0.2) is 41.2 Å². The predicted octanol–water partition coefficient (Wildman–Crippen LogP) is 3.98. The monoisotopic (exact) mass is 396 g/mol. The van der Waals surface area contributed by atoms with Crippen LogP contribution in [0.5, 0.6) is 0 Å². The van der Waals surface area contributed by atoms with E-state index in [0.29, 0.717) is 24.6 Å². The van der Waals surface area contributed by atoms with Crippen molar-refractivity contribution in [1.82, 2.24) is 9.97 Å². The minimum atomic E-state index is -0.380. The van der Waals surface area contributed by atoms with Gasteiger partial charge in [-0.3, -0.25) is 10.1 Å². The Bertz CT molecular complexity index is 1060. The van der Waals surface area contributed by atoms with E-state index >= 15 is 0 Å². The van der Waals surface area contributed by atoms with Crippen LogP contribution in [0.1, 0.15) is 23.3 Å². The molecule has 3 heterocycles. The molecule has 0 saturated carbocycles. The fourth-order valence-electron chi connectivity index (χ4n) is 4.03. The lowest BCUT2D eigenvalue weighted by atomic mass is 9.97. The summed E-state index contributed by atoms with van der Waals surface area (Å²) in [6.07, 6.45) is 4.60. The molecule has 5 rings (SSSR count). The summed E-state index contributed by atoms with van der Waals surface area (Å²) in [6, 6.07) is 6.58. The molecule has 0 N–H and O–H groups in total. The van der Waals surface area contributed by atoms with Crippen LogP contribution in [0.2, 0.25) is 0 Å². The van der Waals surface area contributed by atoms with E-state index in [2.05, 4.69) is 4.90 Å². The number of aromatic nitrogens is 2. The van der Waals surface area contributed by atoms with Crippen LogP contribution < -0.4 is 4.90 Å². The SMILES string of the molecule is O=[N+]([O-])c1cccc(-c2nc(N3CCOCC3)c3c4c(sc3n2)CCCC4)c1. The summed E-state index contributed by atoms with van der Waals surface area (Å²) in [6.45, 7) is 2.96. The highest BCUT2D eigenvalue weighted by Gasteiger charge is 2.25. The summed E-state index contributed by atoms with van der Waals surface area (Å²) in [5, 5.41) is 12.4. The lowest BCUT2D eigenvalue weighted by Crippen LogP contribution is -2.37. The smallest absolute Gasteiger partial charge is 0.270 e. The topological polar surface area (TPSA) is 81.4 Å². The molecule has 1 fully saturated rings. The number of aryl methyl sites for hydroxylation is 2. The number of nitro groups is 1. The quantitative estimate of drug-likeness (QED) is 0.492. The van der Waals surface area contributed by atoms with Crippen molar-refractivity contribution in [1.29, 1.82) is 0 Å². The van der Waals surface area contributed by atoms with Crippen LogP contribution in [0.15, 0.2) is 24.3 Å². The zero-order chi connectivity index (χ0) is 19.1. The van der Waals surface area contributed by atoms with Crippen molar-refractivity contribution in [3.8, 4) is 11.4 Å². The summed E-state index contributed by atoms with van der Waals surface area (Å²) >= 11 is 1.75. The summed E-state index contributed by atoms with van der Waals surface area (Å²) in [5.41, 5.74) is 2.13. The van der Waals surface area contributed by atoms with Crippen molar-refractivity contribution in [2.24, 2.45) is 0 Å². The maximum atomic E-state index is 11.2. The Labute approximate surface area is 166 Å². The van der Waals surface area contributed by atoms with Crippen molar-refractivity contribution in [2.45, 2.75) is 25.7 Å². The van der Waals surface area contributed by atoms with E-state index in [4.69, 9.17) is 14.7 Å². The van der Waals surface area contributed by atoms with Gasteiger partial charge in [0.05, 0.1) is 23.5 Å². The van der Waals surface area contributed by atoms with Gasteiger partial charge in [-0.1, -0.05) is 12.1 Å². The third-order valence-electron chi connectivity index (χ3n) is 5.42. The Kier molecular flexibility index (Phi) is 4.44. The van der Waals surface area contributed by atoms with Crippen LogP contribution >= 0.6 is 11.3 Å². The Hall–Kier alpha value is -2.58. The summed E-state index contributed by atoms with van der Waals surface area (Å²) in [5.74, 6) is 1.51. The maximum Gasteiger partial charge on any atom is 0.270 e. The summed E-state index contributed by atoms with van der Waals surface area (Å²) < 4.78 is 5.53. The van der Waals surface area contributed by atoms with E-state index in [1.165, 1.54) is 34.7 Å². The molecular weight excluding hydrogens is 376 g/mol. The molecule has 1 aliphatic carbocycles. The molecule has 0 spiro atoms. The summed E-state index contributed by atoms with van der Waals surface area (Å²) in [7, 11) is 0. The number of rotatable bonds is 3. The first-order chi connectivity index (χ1) is 13.7. The van der Waals surface area contributed by atoms with Crippen molar-refractivity contribution in [3.63, 3.8) is 0 Å². The number of morpholine rings is 1. The molecule has 8 heteroatoms. The number of non-ortho nitro benzene ring substituents is 1. The molecular formula is C20H20N4O3S. The normalized spacial score (nSPS) is 16.9. The second-order valence-corrected chi connectivity index (χ2v) is 8.25. The van der Waals surface area contributed by atoms with E-state index in [-0.39, 0.29) is 10.6 Å². The molecule has 1 aliphatic heterocycles. The van der Waals surface area contributed by atoms with Gasteiger partial charge in [-0.15, -0.1) is 11.3 Å². The average Bonchev–Trinajstić information content (AvgIpc) is 3.12. The number of nitro benzene ring substituents is 1. The standard InChI is InChI=1S/C20H20N4O3S/c25-24(26)14-5-3-4-13(12-14)18-21-19(23-8-10-27-11-9-23)17-15-6-1-2-7-16(15)28-20(17)22-18/h3-5,12H,1-2,6-11H2. The third-order valence-corrected chi connectivity index (χ3v) is 6.61. The predicted molar refractivity (Wildman–Crippen MR) is 109 cm³/mol. The molecule has 1 aromatic carbocycles. The maximum absolute atomic E-state index is 11.2. The van der Waals surface area contributed by atoms with Gasteiger partial charge in [0.2, 0.25) is 0 Å². The Morgan fingerprint density at radius 1 is 1.14 bits per heavy atom. The Morgan fingerprint density at radius 2 is 1.96 bits per heavy atom. The van der Waals surface area contributed by atoms with Gasteiger partial charge in [-0.05, 0) is 31.2 Å². The van der Waals surface area contributed by atoms with Gasteiger partial charge in [0.15, 0.2) is 5.82 Å². The second kappa shape index (κ2) is 7.10. The van der Waals surface area contributed by atoms with Crippen LogP contribution in [0.25, 0.3) is 21.6 Å². The van der Waals surface area contributed by atoms with Crippen molar-refractivity contribution in [2.75, 3.05) is 31.2 Å². The molecule has 0 amide bonds. The van der Waals surface area contributed by atoms with E-state index in [9.17, 15) is 10.1 Å². The lowest BCUT2D eigenvalue weighted by Gasteiger charge is -2.29. The van der Waals surface area contributed by atoms with Gasteiger partial charge < -0.3 is 9.64 Å². The minimum absolute atomic E-state index is 0.0552. The first-order valence-corrected chi connectivity index (χ1v) is 10.4. The molecule has 0 radical (unpaired) electrons.